The van der Waals surface area contributed by atoms with Crippen LogP contribution in [-0.2, 0) is 6.18 Å². The Kier molecular flexibility index (Phi) is 8.60. The van der Waals surface area contributed by atoms with E-state index in [-0.39, 0.29) is 0 Å². The highest BCUT2D eigenvalue weighted by Crippen LogP contribution is 2.31. The lowest BCUT2D eigenvalue weighted by atomic mass is 9.97. The molecule has 1 unspecified atom stereocenters. The molecule has 0 bridgehead atoms. The topological polar surface area (TPSA) is 27.6 Å². The van der Waals surface area contributed by atoms with Crippen LogP contribution in [0.5, 0.6) is 0 Å². The second kappa shape index (κ2) is 11.2. The van der Waals surface area contributed by atoms with E-state index in [4.69, 9.17) is 17.2 Å². The van der Waals surface area contributed by atoms with E-state index < -0.39 is 11.7 Å². The van der Waals surface area contributed by atoms with Crippen molar-refractivity contribution >= 4 is 39.9 Å². The third kappa shape index (κ3) is 7.10. The largest absolute Gasteiger partial charge is 0.416 e. The SMILES string of the molecule is CCC1/C=C(/N=C2SCCN2C(=S)Nc2cccc(C(F)(F)F)c2)CCCC/C=C/C1. The molecule has 1 fully saturated rings. The molecule has 0 radical (unpaired) electrons. The van der Waals surface area contributed by atoms with Gasteiger partial charge in [0.15, 0.2) is 10.3 Å². The molecular weight excluding hydrogens is 439 g/mol. The Hall–Kier alpha value is -1.80. The fraction of sp³-hybridized carbons (Fsp3) is 0.478. The summed E-state index contributed by atoms with van der Waals surface area (Å²) in [7, 11) is 0. The van der Waals surface area contributed by atoms with Gasteiger partial charge >= 0.3 is 6.18 Å². The van der Waals surface area contributed by atoms with E-state index in [2.05, 4.69) is 30.5 Å². The van der Waals surface area contributed by atoms with E-state index >= 15 is 0 Å². The molecule has 1 aromatic carbocycles. The van der Waals surface area contributed by atoms with Crippen molar-refractivity contribution < 1.29 is 13.2 Å². The van der Waals surface area contributed by atoms with Gasteiger partial charge in [-0.15, -0.1) is 0 Å². The van der Waals surface area contributed by atoms with Gasteiger partial charge in [-0.25, -0.2) is 4.99 Å². The van der Waals surface area contributed by atoms with Crippen LogP contribution < -0.4 is 5.32 Å². The molecule has 1 heterocycles. The molecule has 3 nitrogen and oxygen atoms in total. The first kappa shape index (κ1) is 23.9. The summed E-state index contributed by atoms with van der Waals surface area (Å²) in [6.07, 6.45) is 8.78. The fourth-order valence-electron chi connectivity index (χ4n) is 3.53. The number of allylic oxidation sites excluding steroid dienone is 4. The predicted molar refractivity (Wildman–Crippen MR) is 128 cm³/mol. The van der Waals surface area contributed by atoms with Gasteiger partial charge in [-0.05, 0) is 74.9 Å². The zero-order chi connectivity index (χ0) is 22.3. The summed E-state index contributed by atoms with van der Waals surface area (Å²) in [5.74, 6) is 1.31. The fourth-order valence-corrected chi connectivity index (χ4v) is 4.86. The second-order valence-electron chi connectivity index (χ2n) is 7.68. The normalized spacial score (nSPS) is 24.5. The van der Waals surface area contributed by atoms with E-state index in [1.165, 1.54) is 6.07 Å². The van der Waals surface area contributed by atoms with E-state index in [1.54, 1.807) is 17.8 Å². The maximum Gasteiger partial charge on any atom is 0.416 e. The third-order valence-electron chi connectivity index (χ3n) is 5.31. The Bertz CT molecular complexity index is 862. The number of nitrogens with zero attached hydrogens (tertiary/aromatic N) is 2. The molecular formula is C23H28F3N3S2. The minimum atomic E-state index is -4.39. The first-order chi connectivity index (χ1) is 14.9. The molecule has 8 heteroatoms. The van der Waals surface area contributed by atoms with Crippen molar-refractivity contribution in [1.29, 1.82) is 0 Å². The van der Waals surface area contributed by atoms with Gasteiger partial charge in [-0.3, -0.25) is 4.90 Å². The van der Waals surface area contributed by atoms with Crippen LogP contribution >= 0.6 is 24.0 Å². The number of amidine groups is 1. The number of thioether (sulfide) groups is 1. The van der Waals surface area contributed by atoms with E-state index in [1.807, 2.05) is 4.90 Å². The quantitative estimate of drug-likeness (QED) is 0.375. The van der Waals surface area contributed by atoms with Gasteiger partial charge in [0.2, 0.25) is 0 Å². The average molecular weight is 468 g/mol. The first-order valence-corrected chi connectivity index (χ1v) is 12.1. The minimum absolute atomic E-state index is 0.326. The number of hydrogen-bond donors (Lipinski definition) is 1. The molecule has 0 saturated carbocycles. The summed E-state index contributed by atoms with van der Waals surface area (Å²) < 4.78 is 39.0. The highest BCUT2D eigenvalue weighted by atomic mass is 32.2. The molecule has 31 heavy (non-hydrogen) atoms. The zero-order valence-corrected chi connectivity index (χ0v) is 19.3. The zero-order valence-electron chi connectivity index (χ0n) is 17.6. The van der Waals surface area contributed by atoms with Gasteiger partial charge in [0.1, 0.15) is 0 Å². The number of rotatable bonds is 3. The molecule has 2 aliphatic rings. The van der Waals surface area contributed by atoms with Crippen LogP contribution in [0.3, 0.4) is 0 Å². The number of aliphatic imine (C=N–C) groups is 1. The van der Waals surface area contributed by atoms with Crippen LogP contribution in [0.2, 0.25) is 0 Å². The Morgan fingerprint density at radius 2 is 2.13 bits per heavy atom. The maximum atomic E-state index is 13.0. The molecule has 0 aromatic heterocycles. The smallest absolute Gasteiger partial charge is 0.332 e. The van der Waals surface area contributed by atoms with E-state index in [9.17, 15) is 13.2 Å². The Balaban J connectivity index is 1.76. The van der Waals surface area contributed by atoms with Gasteiger partial charge < -0.3 is 5.32 Å². The van der Waals surface area contributed by atoms with Gasteiger partial charge in [0.25, 0.3) is 0 Å². The predicted octanol–water partition coefficient (Wildman–Crippen LogP) is 7.24. The molecule has 1 aliphatic carbocycles. The summed E-state index contributed by atoms with van der Waals surface area (Å²) in [6, 6.07) is 5.10. The second-order valence-corrected chi connectivity index (χ2v) is 9.13. The van der Waals surface area contributed by atoms with E-state index in [0.717, 1.165) is 67.3 Å². The summed E-state index contributed by atoms with van der Waals surface area (Å²) in [4.78, 5) is 6.83. The van der Waals surface area contributed by atoms with Gasteiger partial charge in [-0.2, -0.15) is 13.2 Å². The van der Waals surface area contributed by atoms with Crippen molar-refractivity contribution in [2.75, 3.05) is 17.6 Å². The Labute approximate surface area is 191 Å². The number of hydrogen-bond acceptors (Lipinski definition) is 3. The van der Waals surface area contributed by atoms with Crippen molar-refractivity contribution in [3.05, 3.63) is 53.8 Å². The van der Waals surface area contributed by atoms with Crippen molar-refractivity contribution in [3.8, 4) is 0 Å². The van der Waals surface area contributed by atoms with Gasteiger partial charge in [-0.1, -0.05) is 43.0 Å². The average Bonchev–Trinajstić information content (AvgIpc) is 3.20. The molecule has 168 valence electrons. The van der Waals surface area contributed by atoms with Crippen molar-refractivity contribution in [1.82, 2.24) is 4.90 Å². The lowest BCUT2D eigenvalue weighted by molar-refractivity contribution is -0.137. The highest BCUT2D eigenvalue weighted by Gasteiger charge is 2.31. The third-order valence-corrected chi connectivity index (χ3v) is 6.59. The highest BCUT2D eigenvalue weighted by molar-refractivity contribution is 8.14. The summed E-state index contributed by atoms with van der Waals surface area (Å²) >= 11 is 7.16. The number of thiocarbonyl (C=S) groups is 1. The number of benzene rings is 1. The summed E-state index contributed by atoms with van der Waals surface area (Å²) in [5.41, 5.74) is 0.710. The lowest BCUT2D eigenvalue weighted by Gasteiger charge is -2.21. The van der Waals surface area contributed by atoms with Gasteiger partial charge in [0.05, 0.1) is 5.56 Å². The molecule has 1 aliphatic heterocycles. The molecule has 1 atom stereocenters. The number of alkyl halides is 3. The van der Waals surface area contributed by atoms with Crippen LogP contribution in [0.25, 0.3) is 0 Å². The standard InChI is InChI=1S/C23H28F3N3S2/c1-2-17-9-6-4-3-5-7-11-19(15-17)28-22-29(13-14-31-22)21(30)27-20-12-8-10-18(16-20)23(24,25)26/h4,6,8,10,12,15-17H,2-3,5,7,9,11,13-14H2,1H3,(H,27,30)/b6-4+,19-15+,28-22?. The van der Waals surface area contributed by atoms with Crippen LogP contribution in [0.4, 0.5) is 18.9 Å². The van der Waals surface area contributed by atoms with Crippen LogP contribution in [0, 0.1) is 5.92 Å². The molecule has 1 saturated heterocycles. The minimum Gasteiger partial charge on any atom is -0.332 e. The Morgan fingerprint density at radius 3 is 2.90 bits per heavy atom. The summed E-state index contributed by atoms with van der Waals surface area (Å²) in [5, 5.41) is 4.15. The monoisotopic (exact) mass is 467 g/mol. The molecule has 0 spiro atoms. The number of anilines is 1. The maximum absolute atomic E-state index is 13.0. The van der Waals surface area contributed by atoms with E-state index in [0.29, 0.717) is 23.3 Å². The van der Waals surface area contributed by atoms with Crippen LogP contribution in [-0.4, -0.2) is 27.5 Å². The Morgan fingerprint density at radius 1 is 1.29 bits per heavy atom. The molecule has 3 rings (SSSR count). The van der Waals surface area contributed by atoms with Crippen molar-refractivity contribution in [3.63, 3.8) is 0 Å². The van der Waals surface area contributed by atoms with Crippen molar-refractivity contribution in [2.45, 2.75) is 51.6 Å². The van der Waals surface area contributed by atoms with Crippen LogP contribution in [0.15, 0.2) is 53.2 Å². The molecule has 1 N–H and O–H groups in total. The molecule has 0 amide bonds. The van der Waals surface area contributed by atoms with Gasteiger partial charge in [0, 0.05) is 23.7 Å². The number of halogens is 3. The molecule has 1 aromatic rings. The van der Waals surface area contributed by atoms with Crippen LogP contribution in [0.1, 0.15) is 51.0 Å². The summed E-state index contributed by atoms with van der Waals surface area (Å²) in [6.45, 7) is 2.87. The number of nitrogens with one attached hydrogen (secondary N) is 1. The lowest BCUT2D eigenvalue weighted by Crippen LogP contribution is -2.35. The van der Waals surface area contributed by atoms with Crippen molar-refractivity contribution in [2.24, 2.45) is 10.9 Å². The first-order valence-electron chi connectivity index (χ1n) is 10.7.